The minimum atomic E-state index is -0.545. The molecule has 0 radical (unpaired) electrons. The fourth-order valence-electron chi connectivity index (χ4n) is 1.56. The largest absolute Gasteiger partial charge is 0.444 e. The molecule has 0 saturated heterocycles. The normalized spacial score (nSPS) is 11.0. The molecule has 2 amide bonds. The van der Waals surface area contributed by atoms with Gasteiger partial charge in [0.25, 0.3) is 0 Å². The van der Waals surface area contributed by atoms with Gasteiger partial charge in [0.1, 0.15) is 5.60 Å². The molecule has 0 unspecified atom stereocenters. The van der Waals surface area contributed by atoms with Crippen LogP contribution in [0.4, 0.5) is 10.5 Å². The van der Waals surface area contributed by atoms with Gasteiger partial charge in [0.2, 0.25) is 5.91 Å². The van der Waals surface area contributed by atoms with Crippen LogP contribution >= 0.6 is 15.9 Å². The van der Waals surface area contributed by atoms with E-state index in [1.165, 1.54) is 6.92 Å². The van der Waals surface area contributed by atoms with Crippen LogP contribution in [0.25, 0.3) is 0 Å². The van der Waals surface area contributed by atoms with Crippen molar-refractivity contribution in [3.05, 3.63) is 28.2 Å². The van der Waals surface area contributed by atoms with Gasteiger partial charge >= 0.3 is 6.09 Å². The summed E-state index contributed by atoms with van der Waals surface area (Å²) in [6.07, 6.45) is -0.504. The second-order valence-electron chi connectivity index (χ2n) is 5.81. The van der Waals surface area contributed by atoms with E-state index in [1.54, 1.807) is 38.8 Å². The number of ether oxygens (including phenoxy) is 1. The van der Waals surface area contributed by atoms with Crippen LogP contribution in [0.3, 0.4) is 0 Å². The van der Waals surface area contributed by atoms with E-state index in [-0.39, 0.29) is 5.91 Å². The number of nitrogens with one attached hydrogen (secondary N) is 1. The van der Waals surface area contributed by atoms with Crippen LogP contribution in [-0.4, -0.2) is 29.5 Å². The van der Waals surface area contributed by atoms with Gasteiger partial charge in [-0.3, -0.25) is 10.1 Å². The fraction of sp³-hybridized carbons (Fsp3) is 0.467. The number of nitrogens with zero attached hydrogens (tertiary/aromatic N) is 1. The maximum Gasteiger partial charge on any atom is 0.412 e. The quantitative estimate of drug-likeness (QED) is 0.896. The first-order valence-corrected chi connectivity index (χ1v) is 7.38. The first-order chi connectivity index (χ1) is 9.58. The Balaban J connectivity index is 2.82. The van der Waals surface area contributed by atoms with Crippen LogP contribution in [0.1, 0.15) is 33.3 Å². The van der Waals surface area contributed by atoms with Gasteiger partial charge in [0.15, 0.2) is 0 Å². The molecular weight excluding hydrogens is 336 g/mol. The SMILES string of the molecule is CC(=O)N(C)Cc1cc(NC(=O)OC(C)(C)C)ccc1Br. The lowest BCUT2D eigenvalue weighted by Crippen LogP contribution is -2.27. The number of hydrogen-bond donors (Lipinski definition) is 1. The molecule has 0 heterocycles. The van der Waals surface area contributed by atoms with Crippen LogP contribution in [-0.2, 0) is 16.1 Å². The molecule has 0 aromatic heterocycles. The summed E-state index contributed by atoms with van der Waals surface area (Å²) < 4.78 is 6.08. The van der Waals surface area contributed by atoms with E-state index < -0.39 is 11.7 Å². The third-order valence-corrected chi connectivity index (χ3v) is 3.41. The molecule has 0 aliphatic rings. The molecule has 0 atom stereocenters. The molecule has 0 fully saturated rings. The van der Waals surface area contributed by atoms with E-state index >= 15 is 0 Å². The maximum absolute atomic E-state index is 11.7. The Morgan fingerprint density at radius 2 is 1.95 bits per heavy atom. The standard InChI is InChI=1S/C15H21BrN2O3/c1-10(19)18(5)9-11-8-12(6-7-13(11)16)17-14(20)21-15(2,3)4/h6-8H,9H2,1-5H3,(H,17,20). The molecule has 116 valence electrons. The van der Waals surface area contributed by atoms with E-state index in [1.807, 2.05) is 12.1 Å². The van der Waals surface area contributed by atoms with Gasteiger partial charge in [-0.1, -0.05) is 15.9 Å². The van der Waals surface area contributed by atoms with E-state index in [9.17, 15) is 9.59 Å². The number of halogens is 1. The van der Waals surface area contributed by atoms with E-state index in [0.29, 0.717) is 12.2 Å². The van der Waals surface area contributed by atoms with Crippen molar-refractivity contribution in [1.82, 2.24) is 4.90 Å². The third-order valence-electron chi connectivity index (χ3n) is 2.64. The molecule has 0 saturated carbocycles. The Labute approximate surface area is 133 Å². The Bertz CT molecular complexity index is 538. The predicted molar refractivity (Wildman–Crippen MR) is 86.1 cm³/mol. The minimum Gasteiger partial charge on any atom is -0.444 e. The lowest BCUT2D eigenvalue weighted by molar-refractivity contribution is -0.128. The van der Waals surface area contributed by atoms with Crippen molar-refractivity contribution in [1.29, 1.82) is 0 Å². The van der Waals surface area contributed by atoms with Gasteiger partial charge in [-0.25, -0.2) is 4.79 Å². The van der Waals surface area contributed by atoms with Crippen LogP contribution < -0.4 is 5.32 Å². The number of carbonyl (C=O) groups is 2. The third kappa shape index (κ3) is 6.16. The second kappa shape index (κ2) is 6.93. The smallest absolute Gasteiger partial charge is 0.412 e. The summed E-state index contributed by atoms with van der Waals surface area (Å²) in [5.41, 5.74) is 0.984. The van der Waals surface area contributed by atoms with Crippen LogP contribution in [0.5, 0.6) is 0 Å². The monoisotopic (exact) mass is 356 g/mol. The molecule has 6 heteroatoms. The van der Waals surface area contributed by atoms with Crippen molar-refractivity contribution in [3.8, 4) is 0 Å². The van der Waals surface area contributed by atoms with Gasteiger partial charge in [-0.05, 0) is 44.5 Å². The summed E-state index contributed by atoms with van der Waals surface area (Å²) in [6.45, 7) is 7.39. The molecule has 1 rings (SSSR count). The number of rotatable bonds is 3. The molecule has 0 bridgehead atoms. The zero-order valence-electron chi connectivity index (χ0n) is 13.0. The number of carbonyl (C=O) groups excluding carboxylic acids is 2. The van der Waals surface area contributed by atoms with Crippen molar-refractivity contribution in [2.45, 2.75) is 39.8 Å². The van der Waals surface area contributed by atoms with E-state index in [0.717, 1.165) is 10.0 Å². The predicted octanol–water partition coefficient (Wildman–Crippen LogP) is 3.77. The first-order valence-electron chi connectivity index (χ1n) is 6.58. The zero-order chi connectivity index (χ0) is 16.2. The molecule has 1 N–H and O–H groups in total. The van der Waals surface area contributed by atoms with Gasteiger partial charge in [-0.2, -0.15) is 0 Å². The summed E-state index contributed by atoms with van der Waals surface area (Å²) in [7, 11) is 1.72. The minimum absolute atomic E-state index is 0.0209. The molecule has 0 spiro atoms. The van der Waals surface area contributed by atoms with Crippen LogP contribution in [0.2, 0.25) is 0 Å². The summed E-state index contributed by atoms with van der Waals surface area (Å²) in [5.74, 6) is -0.0209. The maximum atomic E-state index is 11.7. The molecule has 1 aromatic carbocycles. The topological polar surface area (TPSA) is 58.6 Å². The summed E-state index contributed by atoms with van der Waals surface area (Å²) in [4.78, 5) is 24.6. The Kier molecular flexibility index (Phi) is 5.78. The molecule has 5 nitrogen and oxygen atoms in total. The van der Waals surface area contributed by atoms with Crippen molar-refractivity contribution in [2.24, 2.45) is 0 Å². The highest BCUT2D eigenvalue weighted by molar-refractivity contribution is 9.10. The van der Waals surface area contributed by atoms with Gasteiger partial charge in [0, 0.05) is 30.7 Å². The molecule has 0 aliphatic heterocycles. The summed E-state index contributed by atoms with van der Waals surface area (Å²) in [5, 5.41) is 2.68. The number of benzene rings is 1. The average molecular weight is 357 g/mol. The highest BCUT2D eigenvalue weighted by Crippen LogP contribution is 2.23. The molecule has 0 aliphatic carbocycles. The highest BCUT2D eigenvalue weighted by Gasteiger charge is 2.16. The Morgan fingerprint density at radius 3 is 2.48 bits per heavy atom. The Hall–Kier alpha value is -1.56. The summed E-state index contributed by atoms with van der Waals surface area (Å²) >= 11 is 3.44. The number of anilines is 1. The van der Waals surface area contributed by atoms with E-state index in [2.05, 4.69) is 21.2 Å². The fourth-order valence-corrected chi connectivity index (χ4v) is 1.93. The molecular formula is C15H21BrN2O3. The lowest BCUT2D eigenvalue weighted by atomic mass is 10.2. The van der Waals surface area contributed by atoms with Crippen molar-refractivity contribution in [2.75, 3.05) is 12.4 Å². The molecule has 1 aromatic rings. The Morgan fingerprint density at radius 1 is 1.33 bits per heavy atom. The first kappa shape index (κ1) is 17.5. The lowest BCUT2D eigenvalue weighted by Gasteiger charge is -2.20. The zero-order valence-corrected chi connectivity index (χ0v) is 14.6. The van der Waals surface area contributed by atoms with Crippen molar-refractivity contribution < 1.29 is 14.3 Å². The van der Waals surface area contributed by atoms with Gasteiger partial charge in [-0.15, -0.1) is 0 Å². The average Bonchev–Trinajstić information content (AvgIpc) is 2.30. The number of amides is 2. The van der Waals surface area contributed by atoms with Crippen molar-refractivity contribution >= 4 is 33.6 Å². The van der Waals surface area contributed by atoms with Gasteiger partial charge < -0.3 is 9.64 Å². The van der Waals surface area contributed by atoms with Crippen molar-refractivity contribution in [3.63, 3.8) is 0 Å². The highest BCUT2D eigenvalue weighted by atomic mass is 79.9. The van der Waals surface area contributed by atoms with E-state index in [4.69, 9.17) is 4.74 Å². The van der Waals surface area contributed by atoms with Gasteiger partial charge in [0.05, 0.1) is 0 Å². The van der Waals surface area contributed by atoms with Crippen LogP contribution in [0.15, 0.2) is 22.7 Å². The molecule has 21 heavy (non-hydrogen) atoms. The van der Waals surface area contributed by atoms with Crippen LogP contribution in [0, 0.1) is 0 Å². The summed E-state index contributed by atoms with van der Waals surface area (Å²) in [6, 6.07) is 5.41. The second-order valence-corrected chi connectivity index (χ2v) is 6.66. The number of hydrogen-bond acceptors (Lipinski definition) is 3.